The number of hydrogen-bond acceptors (Lipinski definition) is 3. The lowest BCUT2D eigenvalue weighted by Crippen LogP contribution is -2.35. The Labute approximate surface area is 134 Å². The van der Waals surface area contributed by atoms with Crippen LogP contribution in [0.25, 0.3) is 0 Å². The SMILES string of the molecule is CC1CCC(C(C)C)C(OC(=O)CCCc2ccccn2)C1. The van der Waals surface area contributed by atoms with Crippen LogP contribution in [0.5, 0.6) is 0 Å². The highest BCUT2D eigenvalue weighted by molar-refractivity contribution is 5.69. The monoisotopic (exact) mass is 303 g/mol. The van der Waals surface area contributed by atoms with E-state index in [0.29, 0.717) is 24.2 Å². The van der Waals surface area contributed by atoms with E-state index in [1.54, 1.807) is 6.20 Å². The fourth-order valence-electron chi connectivity index (χ4n) is 3.44. The Morgan fingerprint density at radius 3 is 2.86 bits per heavy atom. The van der Waals surface area contributed by atoms with E-state index >= 15 is 0 Å². The molecule has 1 fully saturated rings. The number of aromatic nitrogens is 1. The van der Waals surface area contributed by atoms with Crippen molar-refractivity contribution < 1.29 is 9.53 Å². The zero-order chi connectivity index (χ0) is 15.9. The summed E-state index contributed by atoms with van der Waals surface area (Å²) in [6.45, 7) is 6.74. The van der Waals surface area contributed by atoms with Gasteiger partial charge in [0, 0.05) is 18.3 Å². The van der Waals surface area contributed by atoms with Gasteiger partial charge in [-0.3, -0.25) is 9.78 Å². The van der Waals surface area contributed by atoms with Crippen LogP contribution in [-0.2, 0) is 16.0 Å². The van der Waals surface area contributed by atoms with Crippen LogP contribution in [0.15, 0.2) is 24.4 Å². The third-order valence-electron chi connectivity index (χ3n) is 4.78. The predicted octanol–water partition coefficient (Wildman–Crippen LogP) is 4.41. The van der Waals surface area contributed by atoms with E-state index in [1.807, 2.05) is 18.2 Å². The van der Waals surface area contributed by atoms with E-state index in [-0.39, 0.29) is 12.1 Å². The molecule has 1 saturated carbocycles. The molecular weight excluding hydrogens is 274 g/mol. The lowest BCUT2D eigenvalue weighted by atomic mass is 9.75. The fraction of sp³-hybridized carbons (Fsp3) is 0.684. The third kappa shape index (κ3) is 5.11. The Morgan fingerprint density at radius 1 is 1.36 bits per heavy atom. The fourth-order valence-corrected chi connectivity index (χ4v) is 3.44. The van der Waals surface area contributed by atoms with Crippen LogP contribution in [0.4, 0.5) is 0 Å². The van der Waals surface area contributed by atoms with E-state index in [9.17, 15) is 4.79 Å². The summed E-state index contributed by atoms with van der Waals surface area (Å²) >= 11 is 0. The predicted molar refractivity (Wildman–Crippen MR) is 88.4 cm³/mol. The number of carbonyl (C=O) groups is 1. The molecule has 22 heavy (non-hydrogen) atoms. The van der Waals surface area contributed by atoms with Crippen molar-refractivity contribution in [2.75, 3.05) is 0 Å². The van der Waals surface area contributed by atoms with E-state index in [1.165, 1.54) is 12.8 Å². The Bertz CT molecular complexity index is 458. The summed E-state index contributed by atoms with van der Waals surface area (Å²) in [6, 6.07) is 5.90. The molecule has 0 radical (unpaired) electrons. The third-order valence-corrected chi connectivity index (χ3v) is 4.78. The van der Waals surface area contributed by atoms with Gasteiger partial charge in [-0.1, -0.05) is 33.3 Å². The van der Waals surface area contributed by atoms with Crippen molar-refractivity contribution in [2.24, 2.45) is 17.8 Å². The van der Waals surface area contributed by atoms with E-state index < -0.39 is 0 Å². The Balaban J connectivity index is 1.77. The van der Waals surface area contributed by atoms with Gasteiger partial charge in [0.2, 0.25) is 0 Å². The maximum atomic E-state index is 12.1. The molecule has 0 spiro atoms. The van der Waals surface area contributed by atoms with Crippen molar-refractivity contribution in [3.8, 4) is 0 Å². The van der Waals surface area contributed by atoms with Crippen LogP contribution < -0.4 is 0 Å². The van der Waals surface area contributed by atoms with Crippen LogP contribution >= 0.6 is 0 Å². The van der Waals surface area contributed by atoms with Gasteiger partial charge in [-0.15, -0.1) is 0 Å². The average Bonchev–Trinajstić information content (AvgIpc) is 2.48. The summed E-state index contributed by atoms with van der Waals surface area (Å²) in [5.41, 5.74) is 1.04. The molecule has 3 heteroatoms. The van der Waals surface area contributed by atoms with Gasteiger partial charge in [-0.05, 0) is 55.6 Å². The molecule has 1 aromatic rings. The number of aryl methyl sites for hydroxylation is 1. The van der Waals surface area contributed by atoms with Crippen molar-refractivity contribution in [2.45, 2.75) is 65.4 Å². The first kappa shape index (κ1) is 17.0. The van der Waals surface area contributed by atoms with Gasteiger partial charge in [-0.2, -0.15) is 0 Å². The van der Waals surface area contributed by atoms with Crippen molar-refractivity contribution in [3.05, 3.63) is 30.1 Å². The van der Waals surface area contributed by atoms with Crippen molar-refractivity contribution in [3.63, 3.8) is 0 Å². The van der Waals surface area contributed by atoms with Crippen molar-refractivity contribution in [1.82, 2.24) is 4.98 Å². The second kappa shape index (κ2) is 8.30. The molecule has 0 saturated heterocycles. The van der Waals surface area contributed by atoms with Crippen LogP contribution in [0.2, 0.25) is 0 Å². The average molecular weight is 303 g/mol. The topological polar surface area (TPSA) is 39.2 Å². The minimum Gasteiger partial charge on any atom is -0.462 e. The number of hydrogen-bond donors (Lipinski definition) is 0. The number of nitrogens with zero attached hydrogens (tertiary/aromatic N) is 1. The molecule has 0 N–H and O–H groups in total. The molecule has 1 heterocycles. The quantitative estimate of drug-likeness (QED) is 0.731. The number of ether oxygens (including phenoxy) is 1. The highest BCUT2D eigenvalue weighted by Gasteiger charge is 2.33. The Morgan fingerprint density at radius 2 is 2.18 bits per heavy atom. The molecule has 3 atom stereocenters. The van der Waals surface area contributed by atoms with E-state index in [2.05, 4.69) is 25.8 Å². The van der Waals surface area contributed by atoms with Gasteiger partial charge in [0.15, 0.2) is 0 Å². The molecule has 3 nitrogen and oxygen atoms in total. The summed E-state index contributed by atoms with van der Waals surface area (Å²) in [7, 11) is 0. The van der Waals surface area contributed by atoms with Crippen LogP contribution in [0.3, 0.4) is 0 Å². The number of esters is 1. The maximum Gasteiger partial charge on any atom is 0.306 e. The molecule has 0 amide bonds. The Kier molecular flexibility index (Phi) is 6.41. The number of rotatable bonds is 6. The minimum atomic E-state index is -0.0410. The summed E-state index contributed by atoms with van der Waals surface area (Å²) < 4.78 is 5.81. The lowest BCUT2D eigenvalue weighted by Gasteiger charge is -2.36. The molecule has 0 bridgehead atoms. The van der Waals surface area contributed by atoms with Crippen LogP contribution in [0.1, 0.15) is 58.6 Å². The molecule has 3 unspecified atom stereocenters. The molecule has 2 rings (SSSR count). The molecular formula is C19H29NO2. The van der Waals surface area contributed by atoms with Crippen LogP contribution in [-0.4, -0.2) is 17.1 Å². The largest absolute Gasteiger partial charge is 0.462 e. The molecule has 1 aromatic heterocycles. The number of carbonyl (C=O) groups excluding carboxylic acids is 1. The van der Waals surface area contributed by atoms with Gasteiger partial charge in [-0.25, -0.2) is 0 Å². The van der Waals surface area contributed by atoms with Crippen molar-refractivity contribution in [1.29, 1.82) is 0 Å². The molecule has 0 aromatic carbocycles. The summed E-state index contributed by atoms with van der Waals surface area (Å²) in [6.07, 6.45) is 7.52. The second-order valence-corrected chi connectivity index (χ2v) is 7.03. The standard InChI is InChI=1S/C19H29NO2/c1-14(2)17-11-10-15(3)13-18(17)22-19(21)9-6-8-16-7-4-5-12-20-16/h4-5,7,12,14-15,17-18H,6,8-11,13H2,1-3H3. The molecule has 1 aliphatic rings. The van der Waals surface area contributed by atoms with Crippen molar-refractivity contribution >= 4 is 5.97 Å². The second-order valence-electron chi connectivity index (χ2n) is 7.03. The number of pyridine rings is 1. The molecule has 1 aliphatic carbocycles. The van der Waals surface area contributed by atoms with Gasteiger partial charge < -0.3 is 4.74 Å². The Hall–Kier alpha value is -1.38. The highest BCUT2D eigenvalue weighted by atomic mass is 16.5. The molecule has 122 valence electrons. The summed E-state index contributed by atoms with van der Waals surface area (Å²) in [4.78, 5) is 16.4. The first-order valence-corrected chi connectivity index (χ1v) is 8.65. The lowest BCUT2D eigenvalue weighted by molar-refractivity contribution is -0.156. The van der Waals surface area contributed by atoms with Gasteiger partial charge in [0.1, 0.15) is 6.10 Å². The van der Waals surface area contributed by atoms with Gasteiger partial charge in [0.05, 0.1) is 0 Å². The zero-order valence-electron chi connectivity index (χ0n) is 14.1. The first-order chi connectivity index (χ1) is 10.6. The summed E-state index contributed by atoms with van der Waals surface area (Å²) in [5.74, 6) is 1.73. The van der Waals surface area contributed by atoms with E-state index in [0.717, 1.165) is 25.0 Å². The minimum absolute atomic E-state index is 0.0410. The van der Waals surface area contributed by atoms with Gasteiger partial charge >= 0.3 is 5.97 Å². The maximum absolute atomic E-state index is 12.1. The normalized spacial score (nSPS) is 25.2. The summed E-state index contributed by atoms with van der Waals surface area (Å²) in [5, 5.41) is 0. The van der Waals surface area contributed by atoms with Gasteiger partial charge in [0.25, 0.3) is 0 Å². The van der Waals surface area contributed by atoms with E-state index in [4.69, 9.17) is 4.74 Å². The molecule has 0 aliphatic heterocycles. The first-order valence-electron chi connectivity index (χ1n) is 8.65. The van der Waals surface area contributed by atoms with Crippen LogP contribution in [0, 0.1) is 17.8 Å². The highest BCUT2D eigenvalue weighted by Crippen LogP contribution is 2.35. The smallest absolute Gasteiger partial charge is 0.306 e. The zero-order valence-corrected chi connectivity index (χ0v) is 14.1.